The molecule has 3 rings (SSSR count). The zero-order chi connectivity index (χ0) is 26.1. The van der Waals surface area contributed by atoms with Crippen molar-refractivity contribution in [3.63, 3.8) is 0 Å². The Hall–Kier alpha value is -0.240. The second kappa shape index (κ2) is 10.4. The van der Waals surface area contributed by atoms with E-state index in [1.54, 1.807) is 0 Å². The lowest BCUT2D eigenvalue weighted by Gasteiger charge is -2.48. The standard InChI is InChI=1S/3C9H19NO/c3*1-8(2)6-5-7-9(3,4)10(8)11/h3*11H,5-7H2,1-4H3. The van der Waals surface area contributed by atoms with Crippen LogP contribution in [0.4, 0.5) is 0 Å². The smallest absolute Gasteiger partial charge is 0.0410 e. The SMILES string of the molecule is CC1(C)CCCC(C)(C)N1O.CC1(C)CCCC(C)(C)N1O.CC1(C)CCCC(C)(C)N1O. The first-order valence-electron chi connectivity index (χ1n) is 13.1. The first-order chi connectivity index (χ1) is 14.6. The average molecular weight is 472 g/mol. The van der Waals surface area contributed by atoms with Gasteiger partial charge in [0.2, 0.25) is 0 Å². The van der Waals surface area contributed by atoms with Crippen LogP contribution in [0.2, 0.25) is 0 Å². The van der Waals surface area contributed by atoms with Gasteiger partial charge < -0.3 is 15.6 Å². The number of hydrogen-bond acceptors (Lipinski definition) is 6. The van der Waals surface area contributed by atoms with Gasteiger partial charge in [-0.2, -0.15) is 15.2 Å². The fourth-order valence-electron chi connectivity index (χ4n) is 5.95. The molecule has 3 N–H and O–H groups in total. The molecule has 6 heteroatoms. The maximum absolute atomic E-state index is 9.80. The van der Waals surface area contributed by atoms with E-state index in [4.69, 9.17) is 0 Å². The maximum atomic E-state index is 9.80. The van der Waals surface area contributed by atoms with Gasteiger partial charge in [0.05, 0.1) is 0 Å². The molecule has 6 nitrogen and oxygen atoms in total. The molecule has 0 aromatic rings. The summed E-state index contributed by atoms with van der Waals surface area (Å²) in [5.41, 5.74) is -0.240. The molecule has 198 valence electrons. The van der Waals surface area contributed by atoms with Gasteiger partial charge in [-0.3, -0.25) is 0 Å². The highest BCUT2D eigenvalue weighted by Gasteiger charge is 2.42. The third-order valence-electron chi connectivity index (χ3n) is 8.17. The van der Waals surface area contributed by atoms with E-state index in [-0.39, 0.29) is 33.2 Å². The van der Waals surface area contributed by atoms with Crippen LogP contribution in [0.1, 0.15) is 141 Å². The van der Waals surface area contributed by atoms with E-state index in [9.17, 15) is 15.6 Å². The minimum absolute atomic E-state index is 0.0399. The first-order valence-corrected chi connectivity index (χ1v) is 13.1. The quantitative estimate of drug-likeness (QED) is 0.345. The monoisotopic (exact) mass is 471 g/mol. The van der Waals surface area contributed by atoms with Gasteiger partial charge in [0.15, 0.2) is 0 Å². The zero-order valence-corrected chi connectivity index (χ0v) is 24.0. The summed E-state index contributed by atoms with van der Waals surface area (Å²) in [6.45, 7) is 25.1. The van der Waals surface area contributed by atoms with E-state index in [1.807, 2.05) is 0 Å². The average Bonchev–Trinajstić information content (AvgIpc) is 2.63. The van der Waals surface area contributed by atoms with Crippen LogP contribution < -0.4 is 0 Å². The lowest BCUT2D eigenvalue weighted by Crippen LogP contribution is -2.56. The van der Waals surface area contributed by atoms with Crippen LogP contribution in [0.5, 0.6) is 0 Å². The van der Waals surface area contributed by atoms with Crippen LogP contribution in [0.15, 0.2) is 0 Å². The third-order valence-corrected chi connectivity index (χ3v) is 8.17. The summed E-state index contributed by atoms with van der Waals surface area (Å²) in [6, 6.07) is 0. The zero-order valence-electron chi connectivity index (χ0n) is 24.0. The summed E-state index contributed by atoms with van der Waals surface area (Å²) >= 11 is 0. The van der Waals surface area contributed by atoms with Crippen LogP contribution in [0, 0.1) is 0 Å². The first kappa shape index (κ1) is 30.8. The molecule has 3 fully saturated rings. The van der Waals surface area contributed by atoms with Crippen LogP contribution >= 0.6 is 0 Å². The maximum Gasteiger partial charge on any atom is 0.0410 e. The normalized spacial score (nSPS) is 30.3. The lowest BCUT2D eigenvalue weighted by atomic mass is 9.82. The van der Waals surface area contributed by atoms with E-state index in [0.29, 0.717) is 0 Å². The molecule has 0 aromatic carbocycles. The molecule has 3 aliphatic heterocycles. The Morgan fingerprint density at radius 3 is 0.545 bits per heavy atom. The van der Waals surface area contributed by atoms with Gasteiger partial charge in [0, 0.05) is 33.2 Å². The second-order valence-electron chi connectivity index (χ2n) is 14.4. The van der Waals surface area contributed by atoms with Gasteiger partial charge in [-0.1, -0.05) is 0 Å². The van der Waals surface area contributed by atoms with E-state index >= 15 is 0 Å². The Morgan fingerprint density at radius 1 is 0.333 bits per heavy atom. The van der Waals surface area contributed by atoms with Crippen molar-refractivity contribution in [3.05, 3.63) is 0 Å². The Kier molecular flexibility index (Phi) is 9.70. The number of rotatable bonds is 0. The van der Waals surface area contributed by atoms with Crippen molar-refractivity contribution in [1.29, 1.82) is 0 Å². The molecule has 0 radical (unpaired) electrons. The molecule has 0 amide bonds. The number of hydrogen-bond donors (Lipinski definition) is 3. The predicted molar refractivity (Wildman–Crippen MR) is 137 cm³/mol. The number of piperidine rings is 3. The molecular formula is C27H57N3O3. The number of hydroxylamine groups is 6. The van der Waals surface area contributed by atoms with Crippen molar-refractivity contribution in [2.24, 2.45) is 0 Å². The van der Waals surface area contributed by atoms with Gasteiger partial charge in [-0.05, 0) is 141 Å². The highest BCUT2D eigenvalue weighted by Crippen LogP contribution is 2.37. The second-order valence-corrected chi connectivity index (χ2v) is 14.4. The lowest BCUT2D eigenvalue weighted by molar-refractivity contribution is -0.241. The van der Waals surface area contributed by atoms with Gasteiger partial charge in [0.25, 0.3) is 0 Å². The molecule has 0 spiro atoms. The molecule has 0 bridgehead atoms. The van der Waals surface area contributed by atoms with E-state index < -0.39 is 0 Å². The molecule has 33 heavy (non-hydrogen) atoms. The Bertz CT molecular complexity index is 493. The predicted octanol–water partition coefficient (Wildman–Crippen LogP) is 7.26. The molecule has 0 saturated carbocycles. The van der Waals surface area contributed by atoms with Gasteiger partial charge in [0.1, 0.15) is 0 Å². The minimum atomic E-state index is -0.0399. The van der Waals surface area contributed by atoms with Crippen LogP contribution in [-0.4, -0.2) is 64.0 Å². The molecule has 3 saturated heterocycles. The highest BCUT2D eigenvalue weighted by atomic mass is 16.5. The minimum Gasteiger partial charge on any atom is -0.313 e. The van der Waals surface area contributed by atoms with Crippen molar-refractivity contribution in [1.82, 2.24) is 15.2 Å². The Morgan fingerprint density at radius 2 is 0.455 bits per heavy atom. The summed E-state index contributed by atoms with van der Waals surface area (Å²) < 4.78 is 0. The summed E-state index contributed by atoms with van der Waals surface area (Å²) in [6.07, 6.45) is 10.2. The van der Waals surface area contributed by atoms with Crippen molar-refractivity contribution in [2.75, 3.05) is 0 Å². The molecule has 0 aromatic heterocycles. The summed E-state index contributed by atoms with van der Waals surface area (Å²) in [4.78, 5) is 0. The van der Waals surface area contributed by atoms with Crippen molar-refractivity contribution in [2.45, 2.75) is 174 Å². The Labute approximate surface area is 205 Å². The molecule has 3 heterocycles. The van der Waals surface area contributed by atoms with Crippen molar-refractivity contribution >= 4 is 0 Å². The fourth-order valence-corrected chi connectivity index (χ4v) is 5.95. The van der Waals surface area contributed by atoms with Gasteiger partial charge in [-0.15, -0.1) is 0 Å². The van der Waals surface area contributed by atoms with Crippen molar-refractivity contribution < 1.29 is 15.6 Å². The third kappa shape index (κ3) is 7.88. The molecule has 3 aliphatic rings. The van der Waals surface area contributed by atoms with Crippen LogP contribution in [-0.2, 0) is 0 Å². The van der Waals surface area contributed by atoms with E-state index in [1.165, 1.54) is 34.5 Å². The van der Waals surface area contributed by atoms with Crippen molar-refractivity contribution in [3.8, 4) is 0 Å². The molecule has 0 unspecified atom stereocenters. The summed E-state index contributed by atoms with van der Waals surface area (Å²) in [5.74, 6) is 0. The van der Waals surface area contributed by atoms with Gasteiger partial charge >= 0.3 is 0 Å². The number of nitrogens with zero attached hydrogens (tertiary/aromatic N) is 3. The Balaban J connectivity index is 0.000000247. The van der Waals surface area contributed by atoms with Crippen LogP contribution in [0.3, 0.4) is 0 Å². The fraction of sp³-hybridized carbons (Fsp3) is 1.00. The largest absolute Gasteiger partial charge is 0.313 e. The van der Waals surface area contributed by atoms with Crippen LogP contribution in [0.25, 0.3) is 0 Å². The topological polar surface area (TPSA) is 70.4 Å². The van der Waals surface area contributed by atoms with E-state index in [0.717, 1.165) is 38.5 Å². The van der Waals surface area contributed by atoms with Gasteiger partial charge in [-0.25, -0.2) is 0 Å². The molecular weight excluding hydrogens is 414 g/mol. The van der Waals surface area contributed by atoms with E-state index in [2.05, 4.69) is 83.1 Å². The molecule has 0 atom stereocenters. The summed E-state index contributed by atoms with van der Waals surface area (Å²) in [7, 11) is 0. The highest BCUT2D eigenvalue weighted by molar-refractivity contribution is 4.93. The molecule has 0 aliphatic carbocycles. The summed E-state index contributed by atoms with van der Waals surface area (Å²) in [5, 5.41) is 33.9.